The number of amides is 1. The molecule has 6 rings (SSSR count). The van der Waals surface area contributed by atoms with Crippen LogP contribution in [0.2, 0.25) is 10.0 Å². The normalized spacial score (nSPS) is 17.0. The summed E-state index contributed by atoms with van der Waals surface area (Å²) in [4.78, 5) is 40.6. The number of hydrogen-bond donors (Lipinski definition) is 1. The smallest absolute Gasteiger partial charge is 0.320 e. The average Bonchev–Trinajstić information content (AvgIpc) is 3.47. The van der Waals surface area contributed by atoms with Crippen LogP contribution in [0, 0.1) is 5.92 Å². The highest BCUT2D eigenvalue weighted by molar-refractivity contribution is 6.35. The molecule has 0 aliphatic carbocycles. The summed E-state index contributed by atoms with van der Waals surface area (Å²) in [5.74, 6) is 1.51. The van der Waals surface area contributed by atoms with Crippen LogP contribution in [0.1, 0.15) is 52.2 Å². The first kappa shape index (κ1) is 34.0. The first-order valence-corrected chi connectivity index (χ1v) is 17.1. The van der Waals surface area contributed by atoms with E-state index < -0.39 is 5.60 Å². The van der Waals surface area contributed by atoms with Crippen LogP contribution in [0.3, 0.4) is 0 Å². The molecule has 1 N–H and O–H groups in total. The molecule has 2 aliphatic heterocycles. The Morgan fingerprint density at radius 2 is 1.69 bits per heavy atom. The number of nitrogens with zero attached hydrogens (tertiary/aromatic N) is 6. The van der Waals surface area contributed by atoms with Crippen molar-refractivity contribution in [2.75, 3.05) is 50.7 Å². The zero-order valence-corrected chi connectivity index (χ0v) is 29.2. The molecule has 5 heterocycles. The number of rotatable bonds is 8. The Hall–Kier alpha value is -3.93. The standard InChI is InChI=1S/C35H41Cl2N7O4/c1-22(32-27(36)19-38-20-28(32)37)47-25-6-7-29-26(17-25)33(41-40-29)24-5-8-30(39-18-24)43-13-15-44(16-14-43)34(46)23-9-11-42(12-10-23)21-31(45)48-35(2,3)4/h5-8,17-20,22-23H,9-16,21H2,1-4H3,(H,40,41)/t22-/m1/s1. The number of pyridine rings is 2. The molecule has 2 aliphatic rings. The van der Waals surface area contributed by atoms with Gasteiger partial charge in [-0.2, -0.15) is 5.10 Å². The van der Waals surface area contributed by atoms with Crippen molar-refractivity contribution in [3.8, 4) is 17.0 Å². The van der Waals surface area contributed by atoms with Crippen LogP contribution in [0.5, 0.6) is 5.75 Å². The minimum atomic E-state index is -0.493. The number of aromatic amines is 1. The number of carbonyl (C=O) groups is 2. The number of hydrogen-bond acceptors (Lipinski definition) is 9. The van der Waals surface area contributed by atoms with Gasteiger partial charge in [0.1, 0.15) is 29.0 Å². The minimum absolute atomic E-state index is 0.00659. The highest BCUT2D eigenvalue weighted by atomic mass is 35.5. The van der Waals surface area contributed by atoms with E-state index in [0.29, 0.717) is 47.5 Å². The topological polar surface area (TPSA) is 117 Å². The van der Waals surface area contributed by atoms with Crippen LogP contribution in [-0.4, -0.2) is 93.3 Å². The van der Waals surface area contributed by atoms with Gasteiger partial charge in [-0.1, -0.05) is 23.2 Å². The van der Waals surface area contributed by atoms with E-state index in [4.69, 9.17) is 37.7 Å². The lowest BCUT2D eigenvalue weighted by Gasteiger charge is -2.39. The SMILES string of the molecule is C[C@@H](Oc1ccc2[nH]nc(-c3ccc(N4CCN(C(=O)C5CCN(CC(=O)OC(C)(C)C)CC5)CC4)nc3)c2c1)c1c(Cl)cncc1Cl. The molecule has 3 aromatic heterocycles. The monoisotopic (exact) mass is 693 g/mol. The van der Waals surface area contributed by atoms with Crippen molar-refractivity contribution in [1.29, 1.82) is 0 Å². The van der Waals surface area contributed by atoms with Gasteiger partial charge >= 0.3 is 5.97 Å². The summed E-state index contributed by atoms with van der Waals surface area (Å²) in [7, 11) is 0. The van der Waals surface area contributed by atoms with Crippen LogP contribution >= 0.6 is 23.2 Å². The van der Waals surface area contributed by atoms with Gasteiger partial charge in [-0.15, -0.1) is 0 Å². The number of carbonyl (C=O) groups excluding carboxylic acids is 2. The Balaban J connectivity index is 1.03. The number of benzene rings is 1. The number of piperidine rings is 1. The fourth-order valence-electron chi connectivity index (χ4n) is 6.38. The minimum Gasteiger partial charge on any atom is -0.486 e. The van der Waals surface area contributed by atoms with Crippen molar-refractivity contribution in [3.05, 3.63) is 64.5 Å². The molecule has 1 aromatic carbocycles. The molecule has 1 atom stereocenters. The van der Waals surface area contributed by atoms with E-state index in [-0.39, 0.29) is 30.4 Å². The maximum absolute atomic E-state index is 13.3. The number of anilines is 1. The largest absolute Gasteiger partial charge is 0.486 e. The Labute approximate surface area is 290 Å². The highest BCUT2D eigenvalue weighted by Gasteiger charge is 2.32. The average molecular weight is 695 g/mol. The lowest BCUT2D eigenvalue weighted by atomic mass is 9.95. The van der Waals surface area contributed by atoms with Crippen LogP contribution in [0.25, 0.3) is 22.2 Å². The number of halogens is 2. The summed E-state index contributed by atoms with van der Waals surface area (Å²) >= 11 is 12.7. The molecule has 11 nitrogen and oxygen atoms in total. The Morgan fingerprint density at radius 1 is 0.979 bits per heavy atom. The number of H-pyrrole nitrogens is 1. The summed E-state index contributed by atoms with van der Waals surface area (Å²) in [6, 6.07) is 9.78. The molecular formula is C35H41Cl2N7O4. The third kappa shape index (κ3) is 7.85. The van der Waals surface area contributed by atoms with Crippen LogP contribution in [-0.2, 0) is 14.3 Å². The summed E-state index contributed by atoms with van der Waals surface area (Å²) in [5, 5.41) is 9.48. The lowest BCUT2D eigenvalue weighted by molar-refractivity contribution is -0.156. The molecule has 13 heteroatoms. The molecule has 48 heavy (non-hydrogen) atoms. The number of nitrogens with one attached hydrogen (secondary N) is 1. The van der Waals surface area contributed by atoms with Crippen molar-refractivity contribution in [3.63, 3.8) is 0 Å². The summed E-state index contributed by atoms with van der Waals surface area (Å²) in [5.41, 5.74) is 2.72. The van der Waals surface area contributed by atoms with E-state index >= 15 is 0 Å². The van der Waals surface area contributed by atoms with Gasteiger partial charge in [0, 0.05) is 67.2 Å². The van der Waals surface area contributed by atoms with E-state index in [1.165, 1.54) is 0 Å². The van der Waals surface area contributed by atoms with Crippen LogP contribution in [0.15, 0.2) is 48.9 Å². The summed E-state index contributed by atoms with van der Waals surface area (Å²) in [6.07, 6.45) is 6.07. The Morgan fingerprint density at radius 3 is 2.33 bits per heavy atom. The van der Waals surface area contributed by atoms with Gasteiger partial charge in [0.25, 0.3) is 0 Å². The number of fused-ring (bicyclic) bond motifs is 1. The van der Waals surface area contributed by atoms with E-state index in [2.05, 4.69) is 25.0 Å². The zero-order chi connectivity index (χ0) is 34.0. The number of piperazine rings is 1. The van der Waals surface area contributed by atoms with E-state index in [1.54, 1.807) is 12.4 Å². The molecule has 0 radical (unpaired) electrons. The lowest BCUT2D eigenvalue weighted by Crippen LogP contribution is -2.52. The third-order valence-electron chi connectivity index (χ3n) is 8.79. The predicted molar refractivity (Wildman–Crippen MR) is 186 cm³/mol. The van der Waals surface area contributed by atoms with Gasteiger partial charge in [0.15, 0.2) is 0 Å². The Bertz CT molecular complexity index is 1740. The quantitative estimate of drug-likeness (QED) is 0.216. The number of esters is 1. The van der Waals surface area contributed by atoms with Crippen LogP contribution < -0.4 is 9.64 Å². The first-order valence-electron chi connectivity index (χ1n) is 16.3. The van der Waals surface area contributed by atoms with E-state index in [1.807, 2.05) is 69.1 Å². The number of ether oxygens (including phenoxy) is 2. The van der Waals surface area contributed by atoms with Gasteiger partial charge in [-0.3, -0.25) is 24.6 Å². The molecule has 4 aromatic rings. The van der Waals surface area contributed by atoms with Gasteiger partial charge in [0.2, 0.25) is 5.91 Å². The maximum atomic E-state index is 13.3. The highest BCUT2D eigenvalue weighted by Crippen LogP contribution is 2.35. The predicted octanol–water partition coefficient (Wildman–Crippen LogP) is 6.17. The molecule has 2 saturated heterocycles. The molecular weight excluding hydrogens is 653 g/mol. The molecule has 1 amide bonds. The molecule has 2 fully saturated rings. The molecule has 0 saturated carbocycles. The second-order valence-corrected chi connectivity index (χ2v) is 14.2. The fourth-order valence-corrected chi connectivity index (χ4v) is 7.05. The van der Waals surface area contributed by atoms with E-state index in [9.17, 15) is 9.59 Å². The van der Waals surface area contributed by atoms with E-state index in [0.717, 1.165) is 53.9 Å². The number of aromatic nitrogens is 4. The van der Waals surface area contributed by atoms with Crippen molar-refractivity contribution in [2.45, 2.75) is 52.2 Å². The second kappa shape index (κ2) is 14.3. The Kier molecular flexibility index (Phi) is 10.1. The fraction of sp³-hybridized carbons (Fsp3) is 0.457. The van der Waals surface area contributed by atoms with Crippen molar-refractivity contribution >= 4 is 51.8 Å². The van der Waals surface area contributed by atoms with Crippen molar-refractivity contribution < 1.29 is 19.1 Å². The maximum Gasteiger partial charge on any atom is 0.320 e. The van der Waals surface area contributed by atoms with Gasteiger partial charge < -0.3 is 19.3 Å². The molecule has 254 valence electrons. The van der Waals surface area contributed by atoms with Crippen molar-refractivity contribution in [1.82, 2.24) is 30.0 Å². The molecule has 0 bridgehead atoms. The first-order chi connectivity index (χ1) is 22.9. The second-order valence-electron chi connectivity index (χ2n) is 13.4. The summed E-state index contributed by atoms with van der Waals surface area (Å²) in [6.45, 7) is 12.0. The molecule has 0 spiro atoms. The van der Waals surface area contributed by atoms with Gasteiger partial charge in [0.05, 0.1) is 22.1 Å². The van der Waals surface area contributed by atoms with Crippen molar-refractivity contribution in [2.24, 2.45) is 5.92 Å². The van der Waals surface area contributed by atoms with Crippen LogP contribution in [0.4, 0.5) is 5.82 Å². The third-order valence-corrected chi connectivity index (χ3v) is 9.39. The molecule has 0 unspecified atom stereocenters. The van der Waals surface area contributed by atoms with Gasteiger partial charge in [-0.05, 0) is 84.0 Å². The zero-order valence-electron chi connectivity index (χ0n) is 27.7. The summed E-state index contributed by atoms with van der Waals surface area (Å²) < 4.78 is 11.7. The number of likely N-dealkylation sites (tertiary alicyclic amines) is 1. The van der Waals surface area contributed by atoms with Gasteiger partial charge in [-0.25, -0.2) is 4.98 Å².